The number of carbonyl (C=O) groups is 1. The van der Waals surface area contributed by atoms with E-state index in [-0.39, 0.29) is 5.91 Å². The maximum atomic E-state index is 11.7. The van der Waals surface area contributed by atoms with Gasteiger partial charge >= 0.3 is 0 Å². The normalized spacial score (nSPS) is 11.0. The second-order valence-electron chi connectivity index (χ2n) is 5.09. The van der Waals surface area contributed by atoms with Gasteiger partial charge in [0.25, 0.3) is 0 Å². The minimum Gasteiger partial charge on any atom is -0.465 e. The Morgan fingerprint density at radius 2 is 2.00 bits per heavy atom. The highest BCUT2D eigenvalue weighted by Crippen LogP contribution is 2.06. The number of amides is 1. The zero-order valence-electron chi connectivity index (χ0n) is 12.6. The van der Waals surface area contributed by atoms with Gasteiger partial charge in [0.05, 0.1) is 12.8 Å². The van der Waals surface area contributed by atoms with Crippen LogP contribution in [-0.2, 0) is 17.9 Å². The average molecular weight is 307 g/mol. The first-order valence-corrected chi connectivity index (χ1v) is 7.34. The summed E-state index contributed by atoms with van der Waals surface area (Å²) in [5.41, 5.74) is 2.22. The van der Waals surface area contributed by atoms with Crippen LogP contribution in [0.3, 0.4) is 0 Å². The van der Waals surface area contributed by atoms with E-state index in [0.717, 1.165) is 12.1 Å². The Hall–Kier alpha value is -3.08. The fourth-order valence-electron chi connectivity index (χ4n) is 2.14. The van der Waals surface area contributed by atoms with Crippen molar-refractivity contribution in [3.63, 3.8) is 0 Å². The van der Waals surface area contributed by atoms with Crippen LogP contribution in [0.1, 0.15) is 16.9 Å². The van der Waals surface area contributed by atoms with Crippen molar-refractivity contribution < 1.29 is 9.21 Å². The maximum Gasteiger partial charge on any atom is 0.244 e. The van der Waals surface area contributed by atoms with E-state index in [4.69, 9.17) is 4.42 Å². The Morgan fingerprint density at radius 1 is 1.17 bits per heavy atom. The monoisotopic (exact) mass is 307 g/mol. The lowest BCUT2D eigenvalue weighted by atomic mass is 10.1. The summed E-state index contributed by atoms with van der Waals surface area (Å²) in [6.45, 7) is 1.23. The second kappa shape index (κ2) is 7.26. The number of rotatable bonds is 6. The molecule has 0 aliphatic carbocycles. The summed E-state index contributed by atoms with van der Waals surface area (Å²) in [4.78, 5) is 11.7. The predicted octanol–water partition coefficient (Wildman–Crippen LogP) is 2.85. The number of aromatic nitrogens is 2. The number of benzene rings is 1. The SMILES string of the molecule is O=C(C=Cc1ccco1)NCc1ccc(Cn2cccn2)cc1. The number of hydrogen-bond donors (Lipinski definition) is 1. The molecule has 2 heterocycles. The molecule has 0 radical (unpaired) electrons. The smallest absolute Gasteiger partial charge is 0.244 e. The van der Waals surface area contributed by atoms with Gasteiger partial charge in [0.2, 0.25) is 5.91 Å². The fourth-order valence-corrected chi connectivity index (χ4v) is 2.14. The van der Waals surface area contributed by atoms with Crippen LogP contribution in [0.2, 0.25) is 0 Å². The first-order chi connectivity index (χ1) is 11.3. The van der Waals surface area contributed by atoms with Crippen molar-refractivity contribution in [3.8, 4) is 0 Å². The van der Waals surface area contributed by atoms with Crippen LogP contribution in [0.4, 0.5) is 0 Å². The van der Waals surface area contributed by atoms with E-state index in [1.807, 2.05) is 41.2 Å². The molecule has 2 aromatic heterocycles. The third-order valence-corrected chi connectivity index (χ3v) is 3.34. The largest absolute Gasteiger partial charge is 0.465 e. The molecule has 3 aromatic rings. The molecule has 0 spiro atoms. The van der Waals surface area contributed by atoms with Crippen LogP contribution in [0.15, 0.2) is 71.6 Å². The Morgan fingerprint density at radius 3 is 2.70 bits per heavy atom. The molecule has 0 bridgehead atoms. The lowest BCUT2D eigenvalue weighted by molar-refractivity contribution is -0.116. The van der Waals surface area contributed by atoms with Crippen molar-refractivity contribution in [3.05, 3.63) is 84.1 Å². The Balaban J connectivity index is 1.49. The number of nitrogens with one attached hydrogen (secondary N) is 1. The highest BCUT2D eigenvalue weighted by atomic mass is 16.3. The molecule has 1 aromatic carbocycles. The molecule has 116 valence electrons. The standard InChI is InChI=1S/C18H17N3O2/c22-18(9-8-17-3-1-12-23-17)19-13-15-4-6-16(7-5-15)14-21-11-2-10-20-21/h1-12H,13-14H2,(H,19,22). The summed E-state index contributed by atoms with van der Waals surface area (Å²) in [5.74, 6) is 0.505. The Kier molecular flexibility index (Phi) is 4.69. The predicted molar refractivity (Wildman–Crippen MR) is 87.4 cm³/mol. The number of furan rings is 1. The van der Waals surface area contributed by atoms with Crippen LogP contribution >= 0.6 is 0 Å². The van der Waals surface area contributed by atoms with E-state index in [9.17, 15) is 4.79 Å². The van der Waals surface area contributed by atoms with Gasteiger partial charge in [-0.2, -0.15) is 5.10 Å². The van der Waals surface area contributed by atoms with E-state index in [1.165, 1.54) is 11.6 Å². The molecule has 0 unspecified atom stereocenters. The number of carbonyl (C=O) groups excluding carboxylic acids is 1. The molecule has 0 aliphatic heterocycles. The molecule has 1 amide bonds. The van der Waals surface area contributed by atoms with E-state index >= 15 is 0 Å². The van der Waals surface area contributed by atoms with Gasteiger partial charge in [-0.25, -0.2) is 0 Å². The van der Waals surface area contributed by atoms with E-state index in [2.05, 4.69) is 10.4 Å². The van der Waals surface area contributed by atoms with Crippen LogP contribution in [0.25, 0.3) is 6.08 Å². The van der Waals surface area contributed by atoms with Crippen molar-refractivity contribution in [1.29, 1.82) is 0 Å². The van der Waals surface area contributed by atoms with E-state index < -0.39 is 0 Å². The zero-order chi connectivity index (χ0) is 15.9. The summed E-state index contributed by atoms with van der Waals surface area (Å²) >= 11 is 0. The van der Waals surface area contributed by atoms with E-state index in [1.54, 1.807) is 30.7 Å². The van der Waals surface area contributed by atoms with Gasteiger partial charge in [-0.15, -0.1) is 0 Å². The van der Waals surface area contributed by atoms with Crippen molar-refractivity contribution in [1.82, 2.24) is 15.1 Å². The summed E-state index contributed by atoms with van der Waals surface area (Å²) in [7, 11) is 0. The highest BCUT2D eigenvalue weighted by Gasteiger charge is 1.99. The van der Waals surface area contributed by atoms with Gasteiger partial charge in [0, 0.05) is 25.0 Å². The van der Waals surface area contributed by atoms with Crippen molar-refractivity contribution in [2.24, 2.45) is 0 Å². The fraction of sp³-hybridized carbons (Fsp3) is 0.111. The molecule has 0 saturated heterocycles. The molecule has 0 aliphatic rings. The van der Waals surface area contributed by atoms with Gasteiger partial charge in [0.15, 0.2) is 0 Å². The van der Waals surface area contributed by atoms with Crippen LogP contribution in [0, 0.1) is 0 Å². The summed E-state index contributed by atoms with van der Waals surface area (Å²) in [5, 5.41) is 7.02. The van der Waals surface area contributed by atoms with Crippen LogP contribution in [-0.4, -0.2) is 15.7 Å². The quantitative estimate of drug-likeness (QED) is 0.712. The lowest BCUT2D eigenvalue weighted by Gasteiger charge is -2.05. The average Bonchev–Trinajstić information content (AvgIpc) is 3.26. The summed E-state index contributed by atoms with van der Waals surface area (Å²) in [6.07, 6.45) is 8.37. The molecule has 5 heteroatoms. The first-order valence-electron chi connectivity index (χ1n) is 7.34. The lowest BCUT2D eigenvalue weighted by Crippen LogP contribution is -2.20. The summed E-state index contributed by atoms with van der Waals surface area (Å²) in [6, 6.07) is 13.6. The second-order valence-corrected chi connectivity index (χ2v) is 5.09. The van der Waals surface area contributed by atoms with Gasteiger partial charge in [-0.05, 0) is 35.4 Å². The minimum atomic E-state index is -0.151. The molecule has 0 atom stereocenters. The van der Waals surface area contributed by atoms with E-state index in [0.29, 0.717) is 12.3 Å². The highest BCUT2D eigenvalue weighted by molar-refractivity contribution is 5.91. The van der Waals surface area contributed by atoms with Gasteiger partial charge in [-0.3, -0.25) is 9.48 Å². The third-order valence-electron chi connectivity index (χ3n) is 3.34. The molecular formula is C18H17N3O2. The topological polar surface area (TPSA) is 60.1 Å². The molecule has 0 fully saturated rings. The van der Waals surface area contributed by atoms with Crippen LogP contribution in [0.5, 0.6) is 0 Å². The van der Waals surface area contributed by atoms with Gasteiger partial charge < -0.3 is 9.73 Å². The van der Waals surface area contributed by atoms with Crippen molar-refractivity contribution >= 4 is 12.0 Å². The maximum absolute atomic E-state index is 11.7. The molecular weight excluding hydrogens is 290 g/mol. The van der Waals surface area contributed by atoms with Crippen molar-refractivity contribution in [2.45, 2.75) is 13.1 Å². The third kappa shape index (κ3) is 4.44. The van der Waals surface area contributed by atoms with Crippen LogP contribution < -0.4 is 5.32 Å². The summed E-state index contributed by atoms with van der Waals surface area (Å²) < 4.78 is 7.00. The molecule has 23 heavy (non-hydrogen) atoms. The zero-order valence-corrected chi connectivity index (χ0v) is 12.6. The number of nitrogens with zero attached hydrogens (tertiary/aromatic N) is 2. The molecule has 5 nitrogen and oxygen atoms in total. The number of hydrogen-bond acceptors (Lipinski definition) is 3. The van der Waals surface area contributed by atoms with Gasteiger partial charge in [-0.1, -0.05) is 24.3 Å². The minimum absolute atomic E-state index is 0.151. The Labute approximate surface area is 134 Å². The molecule has 3 rings (SSSR count). The molecule has 1 N–H and O–H groups in total. The molecule has 0 saturated carbocycles. The van der Waals surface area contributed by atoms with Gasteiger partial charge in [0.1, 0.15) is 5.76 Å². The van der Waals surface area contributed by atoms with Crippen molar-refractivity contribution in [2.75, 3.05) is 0 Å². The Bertz CT molecular complexity index is 757. The first kappa shape index (κ1) is 14.8.